The fraction of sp³-hybridized carbons (Fsp3) is 0.364. The zero-order chi connectivity index (χ0) is 21.9. The molecule has 2 amide bonds. The van der Waals surface area contributed by atoms with Crippen LogP contribution in [0.15, 0.2) is 36.4 Å². The molecule has 0 aliphatic carbocycles. The lowest BCUT2D eigenvalue weighted by molar-refractivity contribution is -0.121. The van der Waals surface area contributed by atoms with E-state index in [1.165, 1.54) is 26.4 Å². The topological polar surface area (TPSA) is 117 Å². The maximum absolute atomic E-state index is 12.0. The molecule has 0 bridgehead atoms. The quantitative estimate of drug-likeness (QED) is 0.416. The van der Waals surface area contributed by atoms with E-state index in [-0.39, 0.29) is 36.2 Å². The van der Waals surface area contributed by atoms with Crippen LogP contribution in [-0.4, -0.2) is 49.3 Å². The van der Waals surface area contributed by atoms with E-state index in [0.717, 1.165) is 24.0 Å². The summed E-state index contributed by atoms with van der Waals surface area (Å²) in [5.41, 5.74) is 1.50. The number of carbonyl (C=O) groups excluding carboxylic acids is 2. The van der Waals surface area contributed by atoms with Crippen LogP contribution in [-0.2, 0) is 22.4 Å². The number of carbonyl (C=O) groups is 2. The number of unbranched alkanes of at least 4 members (excludes halogenated alkanes) is 1. The molecule has 0 aliphatic rings. The van der Waals surface area contributed by atoms with Gasteiger partial charge in [-0.25, -0.2) is 0 Å². The van der Waals surface area contributed by atoms with Gasteiger partial charge in [0.15, 0.2) is 23.0 Å². The lowest BCUT2D eigenvalue weighted by Gasteiger charge is -2.09. The molecule has 2 aromatic carbocycles. The molecule has 0 aromatic heterocycles. The molecule has 2 aromatic rings. The molecule has 8 nitrogen and oxygen atoms in total. The first kappa shape index (κ1) is 22.9. The summed E-state index contributed by atoms with van der Waals surface area (Å²) in [5, 5.41) is 24.8. The van der Waals surface area contributed by atoms with Crippen LogP contribution in [0.5, 0.6) is 23.0 Å². The van der Waals surface area contributed by atoms with Gasteiger partial charge in [-0.1, -0.05) is 12.1 Å². The Kier molecular flexibility index (Phi) is 8.80. The largest absolute Gasteiger partial charge is 0.504 e. The van der Waals surface area contributed by atoms with Gasteiger partial charge in [-0.3, -0.25) is 9.59 Å². The Morgan fingerprint density at radius 1 is 0.767 bits per heavy atom. The molecule has 4 N–H and O–H groups in total. The fourth-order valence-corrected chi connectivity index (χ4v) is 2.87. The number of hydrogen-bond donors (Lipinski definition) is 4. The smallest absolute Gasteiger partial charge is 0.224 e. The Bertz CT molecular complexity index is 797. The van der Waals surface area contributed by atoms with Crippen molar-refractivity contribution in [2.75, 3.05) is 27.3 Å². The van der Waals surface area contributed by atoms with Gasteiger partial charge in [0.25, 0.3) is 0 Å². The minimum atomic E-state index is -0.118. The molecule has 0 heterocycles. The van der Waals surface area contributed by atoms with Gasteiger partial charge in [0, 0.05) is 13.1 Å². The van der Waals surface area contributed by atoms with Gasteiger partial charge in [0.1, 0.15) is 0 Å². The molecule has 0 saturated heterocycles. The Morgan fingerprint density at radius 2 is 1.17 bits per heavy atom. The monoisotopic (exact) mass is 416 g/mol. The van der Waals surface area contributed by atoms with Gasteiger partial charge < -0.3 is 30.3 Å². The van der Waals surface area contributed by atoms with Crippen LogP contribution in [0.1, 0.15) is 24.0 Å². The first-order valence-corrected chi connectivity index (χ1v) is 9.68. The Labute approximate surface area is 175 Å². The maximum atomic E-state index is 12.0. The second kappa shape index (κ2) is 11.5. The van der Waals surface area contributed by atoms with Crippen molar-refractivity contribution in [3.63, 3.8) is 0 Å². The van der Waals surface area contributed by atoms with Gasteiger partial charge in [-0.2, -0.15) is 0 Å². The molecule has 30 heavy (non-hydrogen) atoms. The van der Waals surface area contributed by atoms with Gasteiger partial charge in [0.2, 0.25) is 11.8 Å². The maximum Gasteiger partial charge on any atom is 0.224 e. The number of nitrogens with one attached hydrogen (secondary N) is 2. The van der Waals surface area contributed by atoms with Crippen LogP contribution in [0.2, 0.25) is 0 Å². The highest BCUT2D eigenvalue weighted by atomic mass is 16.5. The second-order valence-electron chi connectivity index (χ2n) is 6.77. The zero-order valence-electron chi connectivity index (χ0n) is 17.2. The third kappa shape index (κ3) is 7.20. The summed E-state index contributed by atoms with van der Waals surface area (Å²) < 4.78 is 10.1. The van der Waals surface area contributed by atoms with E-state index < -0.39 is 0 Å². The average Bonchev–Trinajstić information content (AvgIpc) is 2.73. The summed E-state index contributed by atoms with van der Waals surface area (Å²) in [6, 6.07) is 9.62. The fourth-order valence-electron chi connectivity index (χ4n) is 2.87. The summed E-state index contributed by atoms with van der Waals surface area (Å²) >= 11 is 0. The molecule has 162 valence electrons. The summed E-state index contributed by atoms with van der Waals surface area (Å²) in [7, 11) is 2.92. The Hall–Kier alpha value is -3.42. The molecular weight excluding hydrogens is 388 g/mol. The van der Waals surface area contributed by atoms with Crippen molar-refractivity contribution in [2.24, 2.45) is 0 Å². The highest BCUT2D eigenvalue weighted by Crippen LogP contribution is 2.27. The summed E-state index contributed by atoms with van der Waals surface area (Å²) in [6.07, 6.45) is 1.86. The Morgan fingerprint density at radius 3 is 1.53 bits per heavy atom. The van der Waals surface area contributed by atoms with E-state index in [1.54, 1.807) is 24.3 Å². The first-order chi connectivity index (χ1) is 14.4. The highest BCUT2D eigenvalue weighted by molar-refractivity contribution is 5.79. The van der Waals surface area contributed by atoms with Crippen LogP contribution in [0.4, 0.5) is 0 Å². The number of ether oxygens (including phenoxy) is 2. The summed E-state index contributed by atoms with van der Waals surface area (Å²) in [4.78, 5) is 24.0. The van der Waals surface area contributed by atoms with E-state index in [4.69, 9.17) is 9.47 Å². The zero-order valence-corrected chi connectivity index (χ0v) is 17.2. The van der Waals surface area contributed by atoms with Gasteiger partial charge >= 0.3 is 0 Å². The number of phenols is 2. The third-order valence-corrected chi connectivity index (χ3v) is 4.47. The molecule has 2 rings (SSSR count). The van der Waals surface area contributed by atoms with Crippen molar-refractivity contribution < 1.29 is 29.3 Å². The average molecular weight is 416 g/mol. The second-order valence-corrected chi connectivity index (χ2v) is 6.77. The number of methoxy groups -OCH3 is 2. The van der Waals surface area contributed by atoms with Crippen LogP contribution in [0, 0.1) is 0 Å². The molecule has 0 fully saturated rings. The molecule has 0 spiro atoms. The van der Waals surface area contributed by atoms with E-state index in [2.05, 4.69) is 10.6 Å². The molecule has 0 aliphatic heterocycles. The SMILES string of the molecule is COc1cc(CC(=O)NCCCCNC(=O)Cc2ccc(O)c(OC)c2)ccc1O. The minimum absolute atomic E-state index is 0.0354. The molecule has 0 saturated carbocycles. The molecular formula is C22H28N2O6. The predicted molar refractivity (Wildman–Crippen MR) is 112 cm³/mol. The van der Waals surface area contributed by atoms with Gasteiger partial charge in [0.05, 0.1) is 27.1 Å². The number of hydrogen-bond acceptors (Lipinski definition) is 6. The van der Waals surface area contributed by atoms with Gasteiger partial charge in [-0.15, -0.1) is 0 Å². The van der Waals surface area contributed by atoms with Crippen LogP contribution >= 0.6 is 0 Å². The Balaban J connectivity index is 1.61. The number of amides is 2. The van der Waals surface area contributed by atoms with Crippen LogP contribution in [0.25, 0.3) is 0 Å². The van der Waals surface area contributed by atoms with E-state index in [1.807, 2.05) is 0 Å². The molecule has 0 unspecified atom stereocenters. The molecule has 0 atom stereocenters. The van der Waals surface area contributed by atoms with Crippen molar-refractivity contribution in [2.45, 2.75) is 25.7 Å². The summed E-state index contributed by atoms with van der Waals surface area (Å²) in [6.45, 7) is 1.03. The predicted octanol–water partition coefficient (Wildman–Crippen LogP) is 1.91. The minimum Gasteiger partial charge on any atom is -0.504 e. The third-order valence-electron chi connectivity index (χ3n) is 4.47. The van der Waals surface area contributed by atoms with Crippen LogP contribution in [0.3, 0.4) is 0 Å². The lowest BCUT2D eigenvalue weighted by atomic mass is 10.1. The van der Waals surface area contributed by atoms with Crippen LogP contribution < -0.4 is 20.1 Å². The summed E-state index contributed by atoms with van der Waals surface area (Å²) in [5.74, 6) is 0.506. The van der Waals surface area contributed by atoms with Crippen molar-refractivity contribution in [1.82, 2.24) is 10.6 Å². The van der Waals surface area contributed by atoms with Crippen molar-refractivity contribution in [3.8, 4) is 23.0 Å². The van der Waals surface area contributed by atoms with Gasteiger partial charge in [-0.05, 0) is 48.2 Å². The normalized spacial score (nSPS) is 10.3. The van der Waals surface area contributed by atoms with Crippen molar-refractivity contribution in [3.05, 3.63) is 47.5 Å². The van der Waals surface area contributed by atoms with E-state index in [9.17, 15) is 19.8 Å². The lowest BCUT2D eigenvalue weighted by Crippen LogP contribution is -2.28. The molecule has 8 heteroatoms. The highest BCUT2D eigenvalue weighted by Gasteiger charge is 2.08. The first-order valence-electron chi connectivity index (χ1n) is 9.68. The number of aromatic hydroxyl groups is 2. The molecule has 0 radical (unpaired) electrons. The standard InChI is InChI=1S/C22H28N2O6/c1-29-19-11-15(5-7-17(19)25)13-21(27)23-9-3-4-10-24-22(28)14-16-6-8-18(26)20(12-16)30-2/h5-8,11-12,25-26H,3-4,9-10,13-14H2,1-2H3,(H,23,27)(H,24,28). The van der Waals surface area contributed by atoms with Crippen molar-refractivity contribution in [1.29, 1.82) is 0 Å². The number of rotatable bonds is 11. The van der Waals surface area contributed by atoms with E-state index >= 15 is 0 Å². The number of phenolic OH excluding ortho intramolecular Hbond substituents is 2. The number of benzene rings is 2. The van der Waals surface area contributed by atoms with E-state index in [0.29, 0.717) is 24.6 Å². The van der Waals surface area contributed by atoms with Crippen molar-refractivity contribution >= 4 is 11.8 Å².